The van der Waals surface area contributed by atoms with Crippen LogP contribution in [0.15, 0.2) is 48.8 Å². The molecular weight excluding hydrogens is 400 g/mol. The van der Waals surface area contributed by atoms with Crippen LogP contribution >= 0.6 is 0 Å². The standard InChI is InChI=1S/C26H32N4O2/c1-19(2)30-24(31)22-7-4-3-6-21(22)23(25(32)29-14-5-15-29)26(30)10-16-28(17-11-26)18-20-8-12-27-13-9-20/h3-4,6-9,12-13,19,23H,5,10-11,14-18H2,1-2H3. The van der Waals surface area contributed by atoms with E-state index in [2.05, 4.69) is 40.8 Å². The molecule has 1 aromatic heterocycles. The Morgan fingerprint density at radius 1 is 1.06 bits per heavy atom. The number of aromatic nitrogens is 1. The van der Waals surface area contributed by atoms with Crippen molar-refractivity contribution in [3.05, 3.63) is 65.5 Å². The summed E-state index contributed by atoms with van der Waals surface area (Å²) >= 11 is 0. The average Bonchev–Trinajstić information content (AvgIpc) is 2.75. The van der Waals surface area contributed by atoms with E-state index in [1.165, 1.54) is 5.56 Å². The Hall–Kier alpha value is -2.73. The van der Waals surface area contributed by atoms with Crippen LogP contribution < -0.4 is 0 Å². The lowest BCUT2D eigenvalue weighted by molar-refractivity contribution is -0.142. The highest BCUT2D eigenvalue weighted by atomic mass is 16.2. The summed E-state index contributed by atoms with van der Waals surface area (Å²) in [5, 5.41) is 0. The summed E-state index contributed by atoms with van der Waals surface area (Å²) in [5.41, 5.74) is 2.40. The molecule has 2 amide bonds. The van der Waals surface area contributed by atoms with E-state index in [1.54, 1.807) is 0 Å². The Morgan fingerprint density at radius 2 is 1.75 bits per heavy atom. The van der Waals surface area contributed by atoms with Crippen molar-refractivity contribution in [1.82, 2.24) is 19.7 Å². The Bertz CT molecular complexity index is 994. The third-order valence-corrected chi connectivity index (χ3v) is 7.55. The topological polar surface area (TPSA) is 56.8 Å². The highest BCUT2D eigenvalue weighted by Gasteiger charge is 2.57. The smallest absolute Gasteiger partial charge is 0.254 e. The molecule has 1 spiro atoms. The maximum Gasteiger partial charge on any atom is 0.254 e. The zero-order valence-electron chi connectivity index (χ0n) is 19.0. The number of piperidine rings is 1. The fourth-order valence-electron chi connectivity index (χ4n) is 5.91. The van der Waals surface area contributed by atoms with Gasteiger partial charge >= 0.3 is 0 Å². The van der Waals surface area contributed by atoms with Crippen LogP contribution in [0, 0.1) is 0 Å². The SMILES string of the molecule is CC(C)N1C(=O)c2ccccc2C(C(=O)N2CCC2)C12CCN(Cc1ccncc1)CC2. The summed E-state index contributed by atoms with van der Waals surface area (Å²) in [6.45, 7) is 8.43. The second kappa shape index (κ2) is 8.32. The summed E-state index contributed by atoms with van der Waals surface area (Å²) in [4.78, 5) is 38.1. The normalized spacial score (nSPS) is 22.7. The molecule has 2 saturated heterocycles. The lowest BCUT2D eigenvalue weighted by Gasteiger charge is -2.57. The molecule has 0 saturated carbocycles. The van der Waals surface area contributed by atoms with Crippen molar-refractivity contribution in [2.45, 2.75) is 57.2 Å². The van der Waals surface area contributed by atoms with E-state index in [1.807, 2.05) is 41.6 Å². The van der Waals surface area contributed by atoms with Gasteiger partial charge < -0.3 is 9.80 Å². The first-order valence-electron chi connectivity index (χ1n) is 11.8. The van der Waals surface area contributed by atoms with Gasteiger partial charge in [-0.25, -0.2) is 0 Å². The third kappa shape index (κ3) is 3.41. The molecule has 5 rings (SSSR count). The summed E-state index contributed by atoms with van der Waals surface area (Å²) in [6, 6.07) is 11.9. The van der Waals surface area contributed by atoms with Crippen molar-refractivity contribution in [3.63, 3.8) is 0 Å². The summed E-state index contributed by atoms with van der Waals surface area (Å²) in [5.74, 6) is -0.0162. The Morgan fingerprint density at radius 3 is 2.38 bits per heavy atom. The van der Waals surface area contributed by atoms with Gasteiger partial charge in [-0.1, -0.05) is 18.2 Å². The van der Waals surface area contributed by atoms with Gasteiger partial charge in [0.2, 0.25) is 5.91 Å². The van der Waals surface area contributed by atoms with E-state index >= 15 is 0 Å². The van der Waals surface area contributed by atoms with Gasteiger partial charge in [-0.05, 0) is 62.4 Å². The molecule has 0 bridgehead atoms. The second-order valence-electron chi connectivity index (χ2n) is 9.70. The van der Waals surface area contributed by atoms with E-state index in [-0.39, 0.29) is 23.8 Å². The number of pyridine rings is 1. The molecule has 6 nitrogen and oxygen atoms in total. The van der Waals surface area contributed by atoms with Gasteiger partial charge in [-0.2, -0.15) is 0 Å². The van der Waals surface area contributed by atoms with Crippen molar-refractivity contribution in [3.8, 4) is 0 Å². The molecule has 2 aromatic rings. The quantitative estimate of drug-likeness (QED) is 0.744. The van der Waals surface area contributed by atoms with Gasteiger partial charge in [-0.15, -0.1) is 0 Å². The van der Waals surface area contributed by atoms with Crippen LogP contribution in [0.1, 0.15) is 60.5 Å². The molecule has 0 N–H and O–H groups in total. The molecule has 4 heterocycles. The first-order valence-corrected chi connectivity index (χ1v) is 11.8. The van der Waals surface area contributed by atoms with E-state index in [4.69, 9.17) is 0 Å². The predicted molar refractivity (Wildman–Crippen MR) is 123 cm³/mol. The first kappa shape index (κ1) is 21.1. The first-order chi connectivity index (χ1) is 15.5. The molecule has 6 heteroatoms. The lowest BCUT2D eigenvalue weighted by atomic mass is 9.66. The zero-order valence-corrected chi connectivity index (χ0v) is 19.0. The number of benzene rings is 1. The molecule has 1 unspecified atom stereocenters. The van der Waals surface area contributed by atoms with Crippen LogP contribution in [0.5, 0.6) is 0 Å². The highest BCUT2D eigenvalue weighted by molar-refractivity contribution is 6.02. The Labute approximate surface area is 190 Å². The number of carbonyl (C=O) groups is 2. The van der Waals surface area contributed by atoms with Crippen LogP contribution in [-0.4, -0.2) is 69.3 Å². The number of hydrogen-bond acceptors (Lipinski definition) is 4. The Balaban J connectivity index is 1.51. The maximum absolute atomic E-state index is 13.8. The number of amides is 2. The molecule has 0 aliphatic carbocycles. The molecule has 1 atom stereocenters. The van der Waals surface area contributed by atoms with E-state index in [0.29, 0.717) is 5.56 Å². The van der Waals surface area contributed by atoms with Crippen LogP contribution in [0.2, 0.25) is 0 Å². The monoisotopic (exact) mass is 432 g/mol. The molecular formula is C26H32N4O2. The fourth-order valence-corrected chi connectivity index (χ4v) is 5.91. The third-order valence-electron chi connectivity index (χ3n) is 7.55. The minimum Gasteiger partial charge on any atom is -0.342 e. The van der Waals surface area contributed by atoms with Gasteiger partial charge in [0.05, 0.1) is 11.5 Å². The predicted octanol–water partition coefficient (Wildman–Crippen LogP) is 3.30. The molecule has 32 heavy (non-hydrogen) atoms. The number of likely N-dealkylation sites (tertiary alicyclic amines) is 2. The molecule has 168 valence electrons. The van der Waals surface area contributed by atoms with Crippen LogP contribution in [0.3, 0.4) is 0 Å². The Kier molecular flexibility index (Phi) is 5.49. The van der Waals surface area contributed by atoms with Crippen molar-refractivity contribution in [2.24, 2.45) is 0 Å². The van der Waals surface area contributed by atoms with Gasteiger partial charge in [0.15, 0.2) is 0 Å². The van der Waals surface area contributed by atoms with Crippen LogP contribution in [0.4, 0.5) is 0 Å². The average molecular weight is 433 g/mol. The molecule has 1 aromatic carbocycles. The number of nitrogens with zero attached hydrogens (tertiary/aromatic N) is 4. The minimum absolute atomic E-state index is 0.0364. The van der Waals surface area contributed by atoms with Crippen molar-refractivity contribution < 1.29 is 9.59 Å². The van der Waals surface area contributed by atoms with Gasteiger partial charge in [0, 0.05) is 56.7 Å². The summed E-state index contributed by atoms with van der Waals surface area (Å²) < 4.78 is 0. The fraction of sp³-hybridized carbons (Fsp3) is 0.500. The van der Waals surface area contributed by atoms with Gasteiger partial charge in [-0.3, -0.25) is 19.5 Å². The second-order valence-corrected chi connectivity index (χ2v) is 9.70. The van der Waals surface area contributed by atoms with Gasteiger partial charge in [0.1, 0.15) is 0 Å². The number of rotatable bonds is 4. The zero-order chi connectivity index (χ0) is 22.3. The van der Waals surface area contributed by atoms with E-state index < -0.39 is 5.54 Å². The van der Waals surface area contributed by atoms with Crippen molar-refractivity contribution in [2.75, 3.05) is 26.2 Å². The molecule has 2 fully saturated rings. The van der Waals surface area contributed by atoms with Crippen molar-refractivity contribution >= 4 is 11.8 Å². The molecule has 3 aliphatic rings. The number of hydrogen-bond donors (Lipinski definition) is 0. The van der Waals surface area contributed by atoms with E-state index in [0.717, 1.165) is 57.5 Å². The summed E-state index contributed by atoms with van der Waals surface area (Å²) in [7, 11) is 0. The number of fused-ring (bicyclic) bond motifs is 1. The van der Waals surface area contributed by atoms with Crippen molar-refractivity contribution in [1.29, 1.82) is 0 Å². The van der Waals surface area contributed by atoms with E-state index in [9.17, 15) is 9.59 Å². The summed E-state index contributed by atoms with van der Waals surface area (Å²) in [6.07, 6.45) is 6.35. The van der Waals surface area contributed by atoms with Gasteiger partial charge in [0.25, 0.3) is 5.91 Å². The maximum atomic E-state index is 13.8. The molecule has 0 radical (unpaired) electrons. The minimum atomic E-state index is -0.471. The van der Waals surface area contributed by atoms with Crippen LogP contribution in [-0.2, 0) is 11.3 Å². The lowest BCUT2D eigenvalue weighted by Crippen LogP contribution is -2.67. The van der Waals surface area contributed by atoms with Crippen LogP contribution in [0.25, 0.3) is 0 Å². The highest BCUT2D eigenvalue weighted by Crippen LogP contribution is 2.49. The number of carbonyl (C=O) groups excluding carboxylic acids is 2. The largest absolute Gasteiger partial charge is 0.342 e. The molecule has 3 aliphatic heterocycles.